The van der Waals surface area contributed by atoms with Gasteiger partial charge in [0.05, 0.1) is 22.0 Å². The number of aliphatic hydroxyl groups excluding tert-OH is 1. The summed E-state index contributed by atoms with van der Waals surface area (Å²) < 4.78 is 0. The maximum atomic E-state index is 13.4. The highest BCUT2D eigenvalue weighted by atomic mass is 16.6. The number of aliphatic hydroxyl groups is 1. The number of carbonyl (C=O) groups is 2. The fourth-order valence-electron chi connectivity index (χ4n) is 8.59. The quantitative estimate of drug-likeness (QED) is 0.205. The van der Waals surface area contributed by atoms with Crippen LogP contribution in [-0.4, -0.2) is 44.5 Å². The van der Waals surface area contributed by atoms with Gasteiger partial charge < -0.3 is 15.6 Å². The Morgan fingerprint density at radius 3 is 2.46 bits per heavy atom. The molecule has 1 aromatic carbocycles. The predicted octanol–water partition coefficient (Wildman–Crippen LogP) is 5.10. The normalized spacial score (nSPS) is 34.0. The second kappa shape index (κ2) is 12.0. The van der Waals surface area contributed by atoms with Crippen molar-refractivity contribution in [3.63, 3.8) is 0 Å². The van der Waals surface area contributed by atoms with Crippen molar-refractivity contribution < 1.29 is 29.6 Å². The van der Waals surface area contributed by atoms with E-state index in [9.17, 15) is 40.0 Å². The number of nitrogens with zero attached hydrogens (tertiary/aromatic N) is 2. The number of rotatable bonds is 11. The van der Waals surface area contributed by atoms with Gasteiger partial charge in [0.15, 0.2) is 0 Å². The Balaban J connectivity index is 1.59. The van der Waals surface area contributed by atoms with Crippen LogP contribution in [0.1, 0.15) is 78.6 Å². The molecule has 0 radical (unpaired) electrons. The molecular weight excluding hydrogens is 532 g/mol. The van der Waals surface area contributed by atoms with Gasteiger partial charge in [0.2, 0.25) is 0 Å². The van der Waals surface area contributed by atoms with E-state index in [-0.39, 0.29) is 59.1 Å². The van der Waals surface area contributed by atoms with Gasteiger partial charge in [0.1, 0.15) is 11.5 Å². The van der Waals surface area contributed by atoms with Crippen LogP contribution >= 0.6 is 0 Å². The summed E-state index contributed by atoms with van der Waals surface area (Å²) in [6.07, 6.45) is 5.17. The molecule has 0 saturated heterocycles. The van der Waals surface area contributed by atoms with Gasteiger partial charge in [-0.2, -0.15) is 0 Å². The number of nitro benzene ring substituents is 2. The van der Waals surface area contributed by atoms with E-state index in [0.717, 1.165) is 31.7 Å². The fourth-order valence-corrected chi connectivity index (χ4v) is 8.59. The Kier molecular flexibility index (Phi) is 9.03. The molecule has 3 fully saturated rings. The Bertz CT molecular complexity index is 1190. The van der Waals surface area contributed by atoms with E-state index in [0.29, 0.717) is 31.7 Å². The molecule has 0 aromatic heterocycles. The lowest BCUT2D eigenvalue weighted by Gasteiger charge is -2.55. The maximum absolute atomic E-state index is 13.4. The number of nitro groups is 2. The van der Waals surface area contributed by atoms with E-state index < -0.39 is 33.0 Å². The lowest BCUT2D eigenvalue weighted by molar-refractivity contribution is -0.393. The van der Waals surface area contributed by atoms with Crippen LogP contribution in [0.4, 0.5) is 17.1 Å². The molecule has 4 rings (SSSR count). The first-order valence-electron chi connectivity index (χ1n) is 14.6. The van der Waals surface area contributed by atoms with Gasteiger partial charge in [-0.05, 0) is 86.0 Å². The third-order valence-electron chi connectivity index (χ3n) is 10.8. The number of benzene rings is 1. The minimum absolute atomic E-state index is 0.0340. The zero-order valence-corrected chi connectivity index (χ0v) is 24.0. The number of nitrogens with one attached hydrogen (secondary N) is 2. The summed E-state index contributed by atoms with van der Waals surface area (Å²) in [5, 5.41) is 42.2. The molecule has 3 unspecified atom stereocenters. The van der Waals surface area contributed by atoms with E-state index in [2.05, 4.69) is 24.7 Å². The molecule has 41 heavy (non-hydrogen) atoms. The van der Waals surface area contributed by atoms with Gasteiger partial charge in [-0.15, -0.1) is 0 Å². The van der Waals surface area contributed by atoms with Gasteiger partial charge in [-0.1, -0.05) is 20.8 Å². The number of Topliss-reactive ketones (excluding diaryl/α,β-unsaturated/α-hetero) is 1. The summed E-state index contributed by atoms with van der Waals surface area (Å²) in [5.41, 5.74) is 4.81. The van der Waals surface area contributed by atoms with E-state index >= 15 is 0 Å². The summed E-state index contributed by atoms with van der Waals surface area (Å²) in [4.78, 5) is 46.1. The van der Waals surface area contributed by atoms with Crippen LogP contribution in [0.2, 0.25) is 0 Å². The van der Waals surface area contributed by atoms with Crippen molar-refractivity contribution in [3.05, 3.63) is 38.4 Å². The molecule has 12 nitrogen and oxygen atoms in total. The molecule has 4 N–H and O–H groups in total. The largest absolute Gasteiger partial charge is 0.481 e. The summed E-state index contributed by atoms with van der Waals surface area (Å²) >= 11 is 0. The second-order valence-electron chi connectivity index (χ2n) is 13.0. The standard InChI is InChI=1S/C29H42N4O8/c1-17(4-9-27(36)37)21-6-7-22-20(16-30-31-24-8-5-18(32(38)39)14-25(24)33(40)41)23(11-13-28(21,22)2)29(3)12-10-19(34)15-26(29)35/h5,8,14,17,19-23,30-31,34H,4,6-7,9-13,15-16H2,1-3H3,(H,36,37)/t17-,19+,20?,21-,22?,23?,28-,29-/m1/s1. The topological polar surface area (TPSA) is 185 Å². The van der Waals surface area contributed by atoms with Crippen molar-refractivity contribution in [2.75, 3.05) is 12.0 Å². The van der Waals surface area contributed by atoms with Gasteiger partial charge in [-0.25, -0.2) is 5.43 Å². The number of fused-ring (bicyclic) bond motifs is 1. The lowest BCUT2D eigenvalue weighted by Crippen LogP contribution is -2.54. The first-order valence-corrected chi connectivity index (χ1v) is 14.6. The zero-order chi connectivity index (χ0) is 30.1. The third-order valence-corrected chi connectivity index (χ3v) is 10.8. The van der Waals surface area contributed by atoms with Gasteiger partial charge in [0, 0.05) is 30.9 Å². The van der Waals surface area contributed by atoms with E-state index in [1.165, 1.54) is 12.1 Å². The van der Waals surface area contributed by atoms with Crippen molar-refractivity contribution in [2.45, 2.75) is 84.7 Å². The molecule has 226 valence electrons. The summed E-state index contributed by atoms with van der Waals surface area (Å²) in [6.45, 7) is 6.90. The van der Waals surface area contributed by atoms with Gasteiger partial charge in [0.25, 0.3) is 5.69 Å². The van der Waals surface area contributed by atoms with Crippen molar-refractivity contribution in [1.29, 1.82) is 0 Å². The average Bonchev–Trinajstić information content (AvgIpc) is 3.27. The first-order chi connectivity index (χ1) is 19.3. The average molecular weight is 575 g/mol. The van der Waals surface area contributed by atoms with E-state index in [4.69, 9.17) is 0 Å². The third kappa shape index (κ3) is 6.08. The zero-order valence-electron chi connectivity index (χ0n) is 24.0. The molecule has 8 atom stereocenters. The fraction of sp³-hybridized carbons (Fsp3) is 0.724. The first kappa shape index (κ1) is 30.8. The molecule has 0 amide bonds. The van der Waals surface area contributed by atoms with Crippen LogP contribution in [0.25, 0.3) is 0 Å². The Labute approximate surface area is 239 Å². The summed E-state index contributed by atoms with van der Waals surface area (Å²) in [6, 6.07) is 3.46. The number of hydrazine groups is 1. The van der Waals surface area contributed by atoms with Crippen molar-refractivity contribution >= 4 is 28.8 Å². The van der Waals surface area contributed by atoms with Crippen LogP contribution < -0.4 is 10.9 Å². The smallest absolute Gasteiger partial charge is 0.303 e. The number of carboxylic acids is 1. The second-order valence-corrected chi connectivity index (χ2v) is 13.0. The highest BCUT2D eigenvalue weighted by Crippen LogP contribution is 2.64. The van der Waals surface area contributed by atoms with Crippen LogP contribution in [0.15, 0.2) is 18.2 Å². The number of ketones is 1. The number of carboxylic acid groups (broad SMARTS) is 1. The molecule has 3 aliphatic rings. The Morgan fingerprint density at radius 2 is 1.83 bits per heavy atom. The summed E-state index contributed by atoms with van der Waals surface area (Å²) in [5.74, 6) is 0.257. The highest BCUT2D eigenvalue weighted by molar-refractivity contribution is 5.86. The SMILES string of the molecule is C[C@H](CCC(=O)O)[C@H]1CCC2C(CNNc3ccc([N+](=O)[O-])cc3[N+](=O)[O-])C([C@@]3(C)CC[C@H](O)CC3=O)CC[C@@]21C. The van der Waals surface area contributed by atoms with Crippen LogP contribution in [-0.2, 0) is 9.59 Å². The van der Waals surface area contributed by atoms with Crippen molar-refractivity contribution in [3.8, 4) is 0 Å². The van der Waals surface area contributed by atoms with Crippen LogP contribution in [0.3, 0.4) is 0 Å². The van der Waals surface area contributed by atoms with Gasteiger partial charge >= 0.3 is 11.7 Å². The molecular formula is C29H42N4O8. The number of anilines is 1. The molecule has 0 heterocycles. The Morgan fingerprint density at radius 1 is 1.10 bits per heavy atom. The molecule has 0 spiro atoms. The summed E-state index contributed by atoms with van der Waals surface area (Å²) in [7, 11) is 0. The number of hydrogen-bond donors (Lipinski definition) is 4. The monoisotopic (exact) mass is 574 g/mol. The Hall–Kier alpha value is -3.12. The number of carbonyl (C=O) groups excluding carboxylic acids is 1. The van der Waals surface area contributed by atoms with E-state index in [1.807, 2.05) is 6.92 Å². The molecule has 3 saturated carbocycles. The number of non-ortho nitro benzene ring substituents is 1. The molecule has 12 heteroatoms. The van der Waals surface area contributed by atoms with E-state index in [1.54, 1.807) is 0 Å². The van der Waals surface area contributed by atoms with Crippen molar-refractivity contribution in [1.82, 2.24) is 5.43 Å². The van der Waals surface area contributed by atoms with Crippen LogP contribution in [0.5, 0.6) is 0 Å². The van der Waals surface area contributed by atoms with Crippen molar-refractivity contribution in [2.24, 2.45) is 40.4 Å². The molecule has 0 bridgehead atoms. The minimum atomic E-state index is -0.792. The molecule has 0 aliphatic heterocycles. The predicted molar refractivity (Wildman–Crippen MR) is 151 cm³/mol. The van der Waals surface area contributed by atoms with Crippen LogP contribution in [0, 0.1) is 60.6 Å². The highest BCUT2D eigenvalue weighted by Gasteiger charge is 2.59. The number of hydrogen-bond acceptors (Lipinski definition) is 9. The lowest BCUT2D eigenvalue weighted by atomic mass is 9.50. The van der Waals surface area contributed by atoms with Gasteiger partial charge in [-0.3, -0.25) is 29.8 Å². The number of aliphatic carboxylic acids is 1. The minimum Gasteiger partial charge on any atom is -0.481 e. The molecule has 1 aromatic rings. The maximum Gasteiger partial charge on any atom is 0.303 e. The molecule has 3 aliphatic carbocycles.